The molecule has 4 atom stereocenters. The van der Waals surface area contributed by atoms with Crippen molar-refractivity contribution in [3.63, 3.8) is 0 Å². The van der Waals surface area contributed by atoms with Crippen LogP contribution in [0.15, 0.2) is 12.7 Å². The highest BCUT2D eigenvalue weighted by Gasteiger charge is 2.52. The Kier molecular flexibility index (Phi) is 3.52. The lowest BCUT2D eigenvalue weighted by Crippen LogP contribution is -2.46. The molecule has 2 aromatic rings. The van der Waals surface area contributed by atoms with Crippen LogP contribution < -0.4 is 4.90 Å². The number of hydrogen-bond acceptors (Lipinski definition) is 8. The third-order valence-electron chi connectivity index (χ3n) is 4.03. The third-order valence-corrected chi connectivity index (χ3v) is 4.03. The van der Waals surface area contributed by atoms with Gasteiger partial charge in [0.15, 0.2) is 23.2 Å². The standard InChI is InChI=1S/C13H19N5O4/c1-13(21)7(4-19)22-12(9(13)20)18-6-16-8-10(17(2)3)14-5-15-11(8)18/h5-7,9,12,19-21H,4H2,1-3H3/t7-,9-,12-,13?/m1/s1. The molecule has 0 amide bonds. The van der Waals surface area contributed by atoms with Gasteiger partial charge in [-0.3, -0.25) is 4.57 Å². The number of rotatable bonds is 3. The Morgan fingerprint density at radius 3 is 2.68 bits per heavy atom. The molecular weight excluding hydrogens is 290 g/mol. The van der Waals surface area contributed by atoms with E-state index in [0.29, 0.717) is 17.0 Å². The van der Waals surface area contributed by atoms with Crippen LogP contribution >= 0.6 is 0 Å². The lowest BCUT2D eigenvalue weighted by molar-refractivity contribution is -0.0804. The summed E-state index contributed by atoms with van der Waals surface area (Å²) >= 11 is 0. The van der Waals surface area contributed by atoms with Gasteiger partial charge in [-0.1, -0.05) is 0 Å². The number of imidazole rings is 1. The van der Waals surface area contributed by atoms with E-state index in [1.807, 2.05) is 14.1 Å². The second-order valence-electron chi connectivity index (χ2n) is 5.78. The van der Waals surface area contributed by atoms with E-state index in [0.717, 1.165) is 0 Å². The molecule has 1 aliphatic rings. The van der Waals surface area contributed by atoms with Crippen molar-refractivity contribution in [3.8, 4) is 0 Å². The van der Waals surface area contributed by atoms with Crippen LogP contribution in [0.4, 0.5) is 5.82 Å². The molecule has 0 bridgehead atoms. The quantitative estimate of drug-likeness (QED) is 0.654. The largest absolute Gasteiger partial charge is 0.394 e. The minimum absolute atomic E-state index is 0.398. The van der Waals surface area contributed by atoms with Gasteiger partial charge in [0.25, 0.3) is 0 Å². The molecular formula is C13H19N5O4. The van der Waals surface area contributed by atoms with Gasteiger partial charge < -0.3 is 25.0 Å². The molecule has 3 rings (SSSR count). The van der Waals surface area contributed by atoms with Crippen molar-refractivity contribution >= 4 is 17.0 Å². The number of fused-ring (bicyclic) bond motifs is 1. The number of aliphatic hydroxyl groups excluding tert-OH is 2. The zero-order valence-electron chi connectivity index (χ0n) is 12.6. The molecule has 1 unspecified atom stereocenters. The summed E-state index contributed by atoms with van der Waals surface area (Å²) in [5.74, 6) is 0.640. The van der Waals surface area contributed by atoms with Crippen LogP contribution in [0.25, 0.3) is 11.2 Å². The molecule has 9 nitrogen and oxygen atoms in total. The molecule has 0 aromatic carbocycles. The summed E-state index contributed by atoms with van der Waals surface area (Å²) in [6, 6.07) is 0. The highest BCUT2D eigenvalue weighted by Crippen LogP contribution is 2.38. The van der Waals surface area contributed by atoms with Crippen LogP contribution in [-0.4, -0.2) is 73.3 Å². The number of hydrogen-bond donors (Lipinski definition) is 3. The van der Waals surface area contributed by atoms with Gasteiger partial charge in [-0.05, 0) is 6.92 Å². The fourth-order valence-corrected chi connectivity index (χ4v) is 2.66. The predicted octanol–water partition coefficient (Wildman–Crippen LogP) is -1.11. The molecule has 9 heteroatoms. The summed E-state index contributed by atoms with van der Waals surface area (Å²) < 4.78 is 7.13. The molecule has 1 fully saturated rings. The van der Waals surface area contributed by atoms with E-state index in [9.17, 15) is 15.3 Å². The smallest absolute Gasteiger partial charge is 0.167 e. The molecule has 0 spiro atoms. The van der Waals surface area contributed by atoms with Crippen molar-refractivity contribution in [1.82, 2.24) is 19.5 Å². The Bertz CT molecular complexity index is 686. The molecule has 3 N–H and O–H groups in total. The maximum atomic E-state index is 10.3. The molecule has 0 radical (unpaired) electrons. The first kappa shape index (κ1) is 15.1. The minimum atomic E-state index is -1.56. The van der Waals surface area contributed by atoms with Gasteiger partial charge in [0, 0.05) is 14.1 Å². The number of nitrogens with zero attached hydrogens (tertiary/aromatic N) is 5. The summed E-state index contributed by atoms with van der Waals surface area (Å²) in [5.41, 5.74) is -0.513. The van der Waals surface area contributed by atoms with Gasteiger partial charge in [0.05, 0.1) is 12.9 Å². The van der Waals surface area contributed by atoms with E-state index in [-0.39, 0.29) is 0 Å². The van der Waals surface area contributed by atoms with E-state index in [4.69, 9.17) is 4.74 Å². The average molecular weight is 309 g/mol. The van der Waals surface area contributed by atoms with E-state index in [1.165, 1.54) is 19.6 Å². The number of ether oxygens (including phenoxy) is 1. The van der Waals surface area contributed by atoms with Gasteiger partial charge in [-0.2, -0.15) is 0 Å². The van der Waals surface area contributed by atoms with Gasteiger partial charge >= 0.3 is 0 Å². The van der Waals surface area contributed by atoms with Crippen LogP contribution in [0.2, 0.25) is 0 Å². The second kappa shape index (κ2) is 5.13. The van der Waals surface area contributed by atoms with Crippen molar-refractivity contribution in [1.29, 1.82) is 0 Å². The fourth-order valence-electron chi connectivity index (χ4n) is 2.66. The number of anilines is 1. The Hall–Kier alpha value is -1.81. The summed E-state index contributed by atoms with van der Waals surface area (Å²) in [4.78, 5) is 14.4. The third kappa shape index (κ3) is 2.05. The zero-order chi connectivity index (χ0) is 16.1. The van der Waals surface area contributed by atoms with Crippen LogP contribution in [0.1, 0.15) is 13.2 Å². The lowest BCUT2D eigenvalue weighted by atomic mass is 9.95. The highest BCUT2D eigenvalue weighted by atomic mass is 16.6. The fraction of sp³-hybridized carbons (Fsp3) is 0.615. The molecule has 0 aliphatic carbocycles. The number of aliphatic hydroxyl groups is 3. The highest BCUT2D eigenvalue weighted by molar-refractivity contribution is 5.83. The Morgan fingerprint density at radius 2 is 2.09 bits per heavy atom. The molecule has 3 heterocycles. The predicted molar refractivity (Wildman–Crippen MR) is 77.3 cm³/mol. The number of aromatic nitrogens is 4. The molecule has 0 saturated carbocycles. The zero-order valence-corrected chi connectivity index (χ0v) is 12.6. The lowest BCUT2D eigenvalue weighted by Gasteiger charge is -2.25. The van der Waals surface area contributed by atoms with Crippen molar-refractivity contribution in [2.75, 3.05) is 25.6 Å². The van der Waals surface area contributed by atoms with Crippen LogP contribution in [0, 0.1) is 0 Å². The minimum Gasteiger partial charge on any atom is -0.394 e. The van der Waals surface area contributed by atoms with Crippen molar-refractivity contribution in [3.05, 3.63) is 12.7 Å². The molecule has 1 aliphatic heterocycles. The molecule has 120 valence electrons. The Morgan fingerprint density at radius 1 is 1.36 bits per heavy atom. The first-order valence-electron chi connectivity index (χ1n) is 6.89. The van der Waals surface area contributed by atoms with Gasteiger partial charge in [0.1, 0.15) is 24.1 Å². The first-order valence-corrected chi connectivity index (χ1v) is 6.89. The van der Waals surface area contributed by atoms with E-state index < -0.39 is 30.6 Å². The topological polar surface area (TPSA) is 117 Å². The Labute approximate surface area is 126 Å². The normalized spacial score (nSPS) is 31.8. The molecule has 1 saturated heterocycles. The van der Waals surface area contributed by atoms with Crippen LogP contribution in [0.5, 0.6) is 0 Å². The van der Waals surface area contributed by atoms with Crippen molar-refractivity contribution in [2.24, 2.45) is 0 Å². The van der Waals surface area contributed by atoms with Crippen molar-refractivity contribution < 1.29 is 20.1 Å². The van der Waals surface area contributed by atoms with E-state index >= 15 is 0 Å². The van der Waals surface area contributed by atoms with Crippen LogP contribution in [-0.2, 0) is 4.74 Å². The van der Waals surface area contributed by atoms with Gasteiger partial charge in [-0.25, -0.2) is 15.0 Å². The SMILES string of the molecule is CN(C)c1ncnc2c1ncn2[C@@H]1O[C@H](CO)C(C)(O)[C@@H]1O. The summed E-state index contributed by atoms with van der Waals surface area (Å²) in [7, 11) is 3.68. The molecule has 22 heavy (non-hydrogen) atoms. The van der Waals surface area contributed by atoms with Crippen molar-refractivity contribution in [2.45, 2.75) is 31.0 Å². The summed E-state index contributed by atoms with van der Waals surface area (Å²) in [6.45, 7) is 1.03. The maximum Gasteiger partial charge on any atom is 0.167 e. The maximum absolute atomic E-state index is 10.3. The first-order chi connectivity index (χ1) is 10.4. The van der Waals surface area contributed by atoms with E-state index in [2.05, 4.69) is 15.0 Å². The summed E-state index contributed by atoms with van der Waals surface area (Å²) in [6.07, 6.45) is -0.114. The second-order valence-corrected chi connectivity index (χ2v) is 5.78. The van der Waals surface area contributed by atoms with Gasteiger partial charge in [-0.15, -0.1) is 0 Å². The Balaban J connectivity index is 2.07. The van der Waals surface area contributed by atoms with Gasteiger partial charge in [0.2, 0.25) is 0 Å². The molecule has 2 aromatic heterocycles. The van der Waals surface area contributed by atoms with E-state index in [1.54, 1.807) is 9.47 Å². The monoisotopic (exact) mass is 309 g/mol. The van der Waals surface area contributed by atoms with Crippen LogP contribution in [0.3, 0.4) is 0 Å². The average Bonchev–Trinajstić information content (AvgIpc) is 2.99. The summed E-state index contributed by atoms with van der Waals surface area (Å²) in [5, 5.41) is 29.9.